The first kappa shape index (κ1) is 12.2. The number of anilines is 1. The minimum atomic E-state index is 0.309. The van der Waals surface area contributed by atoms with Gasteiger partial charge in [-0.1, -0.05) is 23.7 Å². The SMILES string of the molecule is Clc1ccc(CCNc2ccc3c(c2)OCO3)cc1. The fourth-order valence-electron chi connectivity index (χ4n) is 2.01. The quantitative estimate of drug-likeness (QED) is 0.922. The highest BCUT2D eigenvalue weighted by Crippen LogP contribution is 2.34. The van der Waals surface area contributed by atoms with Crippen molar-refractivity contribution in [2.75, 3.05) is 18.7 Å². The lowest BCUT2D eigenvalue weighted by atomic mass is 10.1. The van der Waals surface area contributed by atoms with E-state index in [9.17, 15) is 0 Å². The van der Waals surface area contributed by atoms with Crippen molar-refractivity contribution in [3.8, 4) is 11.5 Å². The van der Waals surface area contributed by atoms with Crippen LogP contribution in [-0.4, -0.2) is 13.3 Å². The number of halogens is 1. The number of nitrogens with one attached hydrogen (secondary N) is 1. The molecule has 0 aromatic heterocycles. The molecule has 2 aromatic rings. The summed E-state index contributed by atoms with van der Waals surface area (Å²) < 4.78 is 10.6. The van der Waals surface area contributed by atoms with Gasteiger partial charge in [0.05, 0.1) is 0 Å². The van der Waals surface area contributed by atoms with Crippen LogP contribution in [0.3, 0.4) is 0 Å². The molecule has 0 fully saturated rings. The fraction of sp³-hybridized carbons (Fsp3) is 0.200. The highest BCUT2D eigenvalue weighted by atomic mass is 35.5. The molecular weight excluding hydrogens is 262 g/mol. The van der Waals surface area contributed by atoms with Gasteiger partial charge in [-0.2, -0.15) is 0 Å². The Morgan fingerprint density at radius 3 is 2.63 bits per heavy atom. The second kappa shape index (κ2) is 5.41. The van der Waals surface area contributed by atoms with E-state index in [1.165, 1.54) is 5.56 Å². The Hall–Kier alpha value is -1.87. The van der Waals surface area contributed by atoms with Gasteiger partial charge in [0.2, 0.25) is 6.79 Å². The summed E-state index contributed by atoms with van der Waals surface area (Å²) in [6.07, 6.45) is 0.950. The Bertz CT molecular complexity index is 569. The molecule has 4 heteroatoms. The number of ether oxygens (including phenoxy) is 2. The zero-order chi connectivity index (χ0) is 13.1. The Morgan fingerprint density at radius 1 is 1.00 bits per heavy atom. The molecule has 0 saturated heterocycles. The van der Waals surface area contributed by atoms with Crippen molar-refractivity contribution in [2.45, 2.75) is 6.42 Å². The third-order valence-electron chi connectivity index (χ3n) is 3.03. The van der Waals surface area contributed by atoms with Crippen LogP contribution in [0, 0.1) is 0 Å². The molecule has 0 spiro atoms. The first-order valence-electron chi connectivity index (χ1n) is 6.19. The second-order valence-electron chi connectivity index (χ2n) is 4.37. The summed E-state index contributed by atoms with van der Waals surface area (Å²) >= 11 is 5.85. The van der Waals surface area contributed by atoms with Gasteiger partial charge in [0.15, 0.2) is 11.5 Å². The maximum Gasteiger partial charge on any atom is 0.231 e. The molecule has 0 aliphatic carbocycles. The molecule has 0 atom stereocenters. The van der Waals surface area contributed by atoms with Gasteiger partial charge in [0, 0.05) is 23.3 Å². The van der Waals surface area contributed by atoms with Crippen LogP contribution in [-0.2, 0) is 6.42 Å². The lowest BCUT2D eigenvalue weighted by molar-refractivity contribution is 0.174. The molecule has 0 amide bonds. The van der Waals surface area contributed by atoms with Crippen LogP contribution in [0.15, 0.2) is 42.5 Å². The monoisotopic (exact) mass is 275 g/mol. The van der Waals surface area contributed by atoms with Crippen molar-refractivity contribution in [3.63, 3.8) is 0 Å². The molecule has 3 nitrogen and oxygen atoms in total. The fourth-order valence-corrected chi connectivity index (χ4v) is 2.13. The van der Waals surface area contributed by atoms with Crippen LogP contribution in [0.5, 0.6) is 11.5 Å². The molecule has 0 radical (unpaired) electrons. The first-order valence-corrected chi connectivity index (χ1v) is 6.57. The largest absolute Gasteiger partial charge is 0.454 e. The molecular formula is C15H14ClNO2. The number of benzene rings is 2. The Balaban J connectivity index is 1.56. The third-order valence-corrected chi connectivity index (χ3v) is 3.28. The van der Waals surface area contributed by atoms with Gasteiger partial charge < -0.3 is 14.8 Å². The molecule has 0 unspecified atom stereocenters. The molecule has 2 aromatic carbocycles. The first-order chi connectivity index (χ1) is 9.31. The molecule has 1 N–H and O–H groups in total. The number of hydrogen-bond donors (Lipinski definition) is 1. The van der Waals surface area contributed by atoms with E-state index in [0.717, 1.165) is 35.2 Å². The van der Waals surface area contributed by atoms with E-state index in [0.29, 0.717) is 6.79 Å². The summed E-state index contributed by atoms with van der Waals surface area (Å²) in [6.45, 7) is 1.17. The van der Waals surface area contributed by atoms with Crippen molar-refractivity contribution in [1.29, 1.82) is 0 Å². The number of fused-ring (bicyclic) bond motifs is 1. The Labute approximate surface area is 117 Å². The van der Waals surface area contributed by atoms with Crippen LogP contribution in [0.2, 0.25) is 5.02 Å². The van der Waals surface area contributed by atoms with E-state index < -0.39 is 0 Å². The highest BCUT2D eigenvalue weighted by molar-refractivity contribution is 6.30. The number of rotatable bonds is 4. The molecule has 19 heavy (non-hydrogen) atoms. The van der Waals surface area contributed by atoms with Crippen LogP contribution >= 0.6 is 11.6 Å². The van der Waals surface area contributed by atoms with Crippen molar-refractivity contribution < 1.29 is 9.47 Å². The third kappa shape index (κ3) is 2.93. The van der Waals surface area contributed by atoms with E-state index >= 15 is 0 Å². The highest BCUT2D eigenvalue weighted by Gasteiger charge is 2.12. The molecule has 0 saturated carbocycles. The summed E-state index contributed by atoms with van der Waals surface area (Å²) in [5.74, 6) is 1.61. The van der Waals surface area contributed by atoms with Crippen LogP contribution in [0.1, 0.15) is 5.56 Å². The zero-order valence-electron chi connectivity index (χ0n) is 10.4. The van der Waals surface area contributed by atoms with E-state index in [4.69, 9.17) is 21.1 Å². The maximum absolute atomic E-state index is 5.85. The zero-order valence-corrected chi connectivity index (χ0v) is 11.1. The standard InChI is InChI=1S/C15H14ClNO2/c16-12-3-1-11(2-4-12)7-8-17-13-5-6-14-15(9-13)19-10-18-14/h1-6,9,17H,7-8,10H2. The van der Waals surface area contributed by atoms with Gasteiger partial charge in [-0.15, -0.1) is 0 Å². The number of hydrogen-bond acceptors (Lipinski definition) is 3. The van der Waals surface area contributed by atoms with Crippen molar-refractivity contribution in [1.82, 2.24) is 0 Å². The van der Waals surface area contributed by atoms with Gasteiger partial charge in [0.1, 0.15) is 0 Å². The van der Waals surface area contributed by atoms with Gasteiger partial charge in [0.25, 0.3) is 0 Å². The molecule has 1 aliphatic heterocycles. The Kier molecular flexibility index (Phi) is 3.47. The molecule has 98 valence electrons. The maximum atomic E-state index is 5.85. The normalized spacial score (nSPS) is 12.5. The van der Waals surface area contributed by atoms with E-state index in [-0.39, 0.29) is 0 Å². The Morgan fingerprint density at radius 2 is 1.79 bits per heavy atom. The van der Waals surface area contributed by atoms with Crippen LogP contribution < -0.4 is 14.8 Å². The lowest BCUT2D eigenvalue weighted by Crippen LogP contribution is -2.04. The van der Waals surface area contributed by atoms with Gasteiger partial charge >= 0.3 is 0 Å². The van der Waals surface area contributed by atoms with Crippen molar-refractivity contribution in [2.24, 2.45) is 0 Å². The van der Waals surface area contributed by atoms with Gasteiger partial charge in [-0.3, -0.25) is 0 Å². The second-order valence-corrected chi connectivity index (χ2v) is 4.81. The van der Waals surface area contributed by atoms with Gasteiger partial charge in [-0.05, 0) is 36.2 Å². The van der Waals surface area contributed by atoms with Gasteiger partial charge in [-0.25, -0.2) is 0 Å². The summed E-state index contributed by atoms with van der Waals surface area (Å²) in [7, 11) is 0. The predicted octanol–water partition coefficient (Wildman–Crippen LogP) is 3.72. The molecule has 3 rings (SSSR count). The minimum absolute atomic E-state index is 0.309. The van der Waals surface area contributed by atoms with Crippen LogP contribution in [0.25, 0.3) is 0 Å². The summed E-state index contributed by atoms with van der Waals surface area (Å²) in [6, 6.07) is 13.8. The lowest BCUT2D eigenvalue weighted by Gasteiger charge is -2.07. The van der Waals surface area contributed by atoms with E-state index in [1.807, 2.05) is 42.5 Å². The summed E-state index contributed by atoms with van der Waals surface area (Å²) in [5, 5.41) is 4.14. The smallest absolute Gasteiger partial charge is 0.231 e. The minimum Gasteiger partial charge on any atom is -0.454 e. The topological polar surface area (TPSA) is 30.5 Å². The van der Waals surface area contributed by atoms with Crippen LogP contribution in [0.4, 0.5) is 5.69 Å². The average Bonchev–Trinajstić information content (AvgIpc) is 2.88. The summed E-state index contributed by atoms with van der Waals surface area (Å²) in [4.78, 5) is 0. The van der Waals surface area contributed by atoms with Crippen molar-refractivity contribution >= 4 is 17.3 Å². The average molecular weight is 276 g/mol. The summed E-state index contributed by atoms with van der Waals surface area (Å²) in [5.41, 5.74) is 2.30. The van der Waals surface area contributed by atoms with Crippen molar-refractivity contribution in [3.05, 3.63) is 53.1 Å². The molecule has 0 bridgehead atoms. The van der Waals surface area contributed by atoms with E-state index in [2.05, 4.69) is 5.32 Å². The van der Waals surface area contributed by atoms with E-state index in [1.54, 1.807) is 0 Å². The predicted molar refractivity (Wildman–Crippen MR) is 76.2 cm³/mol. The molecule has 1 aliphatic rings. The molecule has 1 heterocycles.